The van der Waals surface area contributed by atoms with Crippen LogP contribution >= 0.6 is 24.0 Å². The quantitative estimate of drug-likeness (QED) is 0.301. The molecule has 4 rings (SSSR count). The molecule has 0 radical (unpaired) electrons. The molecule has 2 N–H and O–H groups in total. The Morgan fingerprint density at radius 3 is 2.48 bits per heavy atom. The number of carboxylic acids is 1. The lowest BCUT2D eigenvalue weighted by molar-refractivity contribution is -0.145. The highest BCUT2D eigenvalue weighted by molar-refractivity contribution is 6.32. The molecule has 0 spiro atoms. The van der Waals surface area contributed by atoms with E-state index in [-0.39, 0.29) is 18.1 Å². The van der Waals surface area contributed by atoms with E-state index in [9.17, 15) is 14.7 Å². The number of halogens is 2. The molecule has 1 aliphatic carbocycles. The number of nitrogens with zero attached hydrogens (tertiary/aromatic N) is 4. The monoisotopic (exact) mass is 589 g/mol. The first kappa shape index (κ1) is 31.4. The number of benzene rings is 1. The number of hydrogen-bond donors (Lipinski definition) is 2. The maximum absolute atomic E-state index is 13.4. The Bertz CT molecular complexity index is 1350. The van der Waals surface area contributed by atoms with E-state index in [0.29, 0.717) is 47.2 Å². The minimum atomic E-state index is -1.28. The number of nitrogens with one attached hydrogen (secondary N) is 1. The molecule has 11 heteroatoms. The van der Waals surface area contributed by atoms with Crippen LogP contribution in [0.4, 0.5) is 0 Å². The third kappa shape index (κ3) is 7.13. The maximum Gasteiger partial charge on any atom is 0.329 e. The molecule has 0 bridgehead atoms. The minimum absolute atomic E-state index is 0. The number of ether oxygens (including phenoxy) is 1. The molecule has 3 aromatic rings. The third-order valence-corrected chi connectivity index (χ3v) is 7.34. The molecular weight excluding hydrogens is 553 g/mol. The summed E-state index contributed by atoms with van der Waals surface area (Å²) >= 11 is 6.45. The molecular formula is C29H37Cl2N5O4. The third-order valence-electron chi connectivity index (χ3n) is 7.03. The van der Waals surface area contributed by atoms with Gasteiger partial charge >= 0.3 is 5.97 Å². The van der Waals surface area contributed by atoms with Crippen LogP contribution in [-0.4, -0.2) is 69.4 Å². The van der Waals surface area contributed by atoms with Crippen LogP contribution in [0.5, 0.6) is 5.75 Å². The van der Waals surface area contributed by atoms with Gasteiger partial charge in [-0.05, 0) is 77.5 Å². The number of aliphatic carboxylic acids is 1. The van der Waals surface area contributed by atoms with Crippen LogP contribution in [0.25, 0.3) is 16.9 Å². The van der Waals surface area contributed by atoms with E-state index in [1.165, 1.54) is 0 Å². The SMILES string of the molecule is Cc1cc(C)n(-c2ccc(C(=O)NC3(C(=O)O)CCCCC3)nc2-c2ccc(Cl)c(OCCCN(C)C)c2)n1.Cl. The Hall–Kier alpha value is -3.14. The van der Waals surface area contributed by atoms with Crippen molar-refractivity contribution in [3.05, 3.63) is 58.5 Å². The van der Waals surface area contributed by atoms with E-state index >= 15 is 0 Å². The number of pyridine rings is 1. The van der Waals surface area contributed by atoms with Crippen molar-refractivity contribution in [2.24, 2.45) is 0 Å². The van der Waals surface area contributed by atoms with Gasteiger partial charge in [0.05, 0.1) is 28.7 Å². The maximum atomic E-state index is 13.4. The van der Waals surface area contributed by atoms with Gasteiger partial charge in [-0.25, -0.2) is 14.5 Å². The van der Waals surface area contributed by atoms with E-state index in [4.69, 9.17) is 21.3 Å². The molecule has 0 atom stereocenters. The van der Waals surface area contributed by atoms with Crippen molar-refractivity contribution in [1.82, 2.24) is 25.0 Å². The lowest BCUT2D eigenvalue weighted by Crippen LogP contribution is -2.55. The molecule has 2 aromatic heterocycles. The summed E-state index contributed by atoms with van der Waals surface area (Å²) in [7, 11) is 4.02. The molecule has 1 aliphatic rings. The van der Waals surface area contributed by atoms with Gasteiger partial charge in [-0.2, -0.15) is 5.10 Å². The van der Waals surface area contributed by atoms with Crippen LogP contribution < -0.4 is 10.1 Å². The number of carbonyl (C=O) groups excluding carboxylic acids is 1. The van der Waals surface area contributed by atoms with Crippen molar-refractivity contribution in [3.63, 3.8) is 0 Å². The van der Waals surface area contributed by atoms with Crippen LogP contribution in [0.15, 0.2) is 36.4 Å². The average molecular weight is 591 g/mol. The normalized spacial score (nSPS) is 14.4. The van der Waals surface area contributed by atoms with E-state index in [1.807, 2.05) is 46.1 Å². The highest BCUT2D eigenvalue weighted by atomic mass is 35.5. The minimum Gasteiger partial charge on any atom is -0.492 e. The number of hydrogen-bond acceptors (Lipinski definition) is 6. The summed E-state index contributed by atoms with van der Waals surface area (Å²) in [4.78, 5) is 32.3. The Balaban J connectivity index is 0.00000441. The van der Waals surface area contributed by atoms with Gasteiger partial charge in [0.25, 0.3) is 5.91 Å². The molecule has 0 aliphatic heterocycles. The Kier molecular flexibility index (Phi) is 10.6. The fourth-order valence-corrected chi connectivity index (χ4v) is 5.16. The van der Waals surface area contributed by atoms with Crippen molar-refractivity contribution in [1.29, 1.82) is 0 Å². The van der Waals surface area contributed by atoms with Crippen molar-refractivity contribution in [2.45, 2.75) is 57.9 Å². The van der Waals surface area contributed by atoms with Crippen molar-refractivity contribution in [2.75, 3.05) is 27.2 Å². The number of carboxylic acid groups (broad SMARTS) is 1. The molecule has 0 unspecified atom stereocenters. The van der Waals surface area contributed by atoms with E-state index < -0.39 is 17.4 Å². The first-order chi connectivity index (χ1) is 18.6. The molecule has 9 nitrogen and oxygen atoms in total. The van der Waals surface area contributed by atoms with Gasteiger partial charge < -0.3 is 20.1 Å². The Morgan fingerprint density at radius 1 is 1.12 bits per heavy atom. The van der Waals surface area contributed by atoms with Crippen molar-refractivity contribution in [3.8, 4) is 22.7 Å². The fraction of sp³-hybridized carbons (Fsp3) is 0.448. The summed E-state index contributed by atoms with van der Waals surface area (Å²) in [6.45, 7) is 5.25. The second kappa shape index (κ2) is 13.5. The lowest BCUT2D eigenvalue weighted by Gasteiger charge is -2.33. The van der Waals surface area contributed by atoms with Crippen LogP contribution in [0.2, 0.25) is 5.02 Å². The van der Waals surface area contributed by atoms with E-state index in [2.05, 4.69) is 15.3 Å². The topological polar surface area (TPSA) is 110 Å². The molecule has 1 aromatic carbocycles. The van der Waals surface area contributed by atoms with Gasteiger partial charge in [0.15, 0.2) is 0 Å². The summed E-state index contributed by atoms with van der Waals surface area (Å²) < 4.78 is 7.77. The predicted molar refractivity (Wildman–Crippen MR) is 158 cm³/mol. The van der Waals surface area contributed by atoms with Gasteiger partial charge in [-0.1, -0.05) is 36.9 Å². The predicted octanol–water partition coefficient (Wildman–Crippen LogP) is 5.47. The Morgan fingerprint density at radius 2 is 1.85 bits per heavy atom. The van der Waals surface area contributed by atoms with Gasteiger partial charge in [0.1, 0.15) is 17.0 Å². The van der Waals surface area contributed by atoms with Crippen LogP contribution in [-0.2, 0) is 4.79 Å². The smallest absolute Gasteiger partial charge is 0.329 e. The first-order valence-electron chi connectivity index (χ1n) is 13.3. The molecule has 1 amide bonds. The van der Waals surface area contributed by atoms with Gasteiger partial charge in [-0.3, -0.25) is 4.79 Å². The zero-order valence-corrected chi connectivity index (χ0v) is 24.9. The highest BCUT2D eigenvalue weighted by Gasteiger charge is 2.41. The first-order valence-corrected chi connectivity index (χ1v) is 13.7. The van der Waals surface area contributed by atoms with Gasteiger partial charge in [0, 0.05) is 17.8 Å². The number of aryl methyl sites for hydroxylation is 2. The zero-order chi connectivity index (χ0) is 28.2. The lowest BCUT2D eigenvalue weighted by atomic mass is 9.81. The highest BCUT2D eigenvalue weighted by Crippen LogP contribution is 2.34. The molecule has 40 heavy (non-hydrogen) atoms. The summed E-state index contributed by atoms with van der Waals surface area (Å²) in [6, 6.07) is 10.8. The summed E-state index contributed by atoms with van der Waals surface area (Å²) in [5.74, 6) is -1.01. The summed E-state index contributed by atoms with van der Waals surface area (Å²) in [6.07, 6.45) is 4.10. The standard InChI is InChI=1S/C29H36ClN5O4.ClH/c1-19-17-20(2)35(33-19)24-12-11-23(27(36)32-29(28(37)38)13-6-5-7-14-29)31-26(24)21-9-10-22(30)25(18-21)39-16-8-15-34(3)4;/h9-12,17-18H,5-8,13-16H2,1-4H3,(H,32,36)(H,37,38);1H. The average Bonchev–Trinajstić information content (AvgIpc) is 3.24. The number of amides is 1. The van der Waals surface area contributed by atoms with E-state index in [1.54, 1.807) is 22.9 Å². The van der Waals surface area contributed by atoms with Gasteiger partial charge in [-0.15, -0.1) is 12.4 Å². The molecule has 0 saturated heterocycles. The van der Waals surface area contributed by atoms with Crippen molar-refractivity contribution >= 4 is 35.9 Å². The van der Waals surface area contributed by atoms with Gasteiger partial charge in [0.2, 0.25) is 0 Å². The summed E-state index contributed by atoms with van der Waals surface area (Å²) in [5.41, 5.74) is 2.50. The second-order valence-corrected chi connectivity index (χ2v) is 10.9. The van der Waals surface area contributed by atoms with E-state index in [0.717, 1.165) is 43.6 Å². The van der Waals surface area contributed by atoms with Crippen LogP contribution in [0.1, 0.15) is 60.4 Å². The zero-order valence-electron chi connectivity index (χ0n) is 23.4. The second-order valence-electron chi connectivity index (χ2n) is 10.5. The Labute approximate surface area is 246 Å². The number of carbonyl (C=O) groups is 2. The van der Waals surface area contributed by atoms with Crippen LogP contribution in [0.3, 0.4) is 0 Å². The molecule has 1 saturated carbocycles. The largest absolute Gasteiger partial charge is 0.492 e. The fourth-order valence-electron chi connectivity index (χ4n) is 4.99. The van der Waals surface area contributed by atoms with Crippen LogP contribution in [0, 0.1) is 13.8 Å². The molecule has 1 fully saturated rings. The van der Waals surface area contributed by atoms with Crippen molar-refractivity contribution < 1.29 is 19.4 Å². The number of aromatic nitrogens is 3. The molecule has 216 valence electrons. The molecule has 2 heterocycles. The summed E-state index contributed by atoms with van der Waals surface area (Å²) in [5, 5.41) is 17.8. The number of rotatable bonds is 10.